The maximum Gasteiger partial charge on any atom is 0.255 e. The molecule has 0 radical (unpaired) electrons. The molecular formula is C19H20N6O. The summed E-state index contributed by atoms with van der Waals surface area (Å²) in [5.41, 5.74) is 3.15. The van der Waals surface area contributed by atoms with E-state index in [2.05, 4.69) is 45.9 Å². The number of aromatic nitrogens is 5. The molecule has 3 heterocycles. The summed E-state index contributed by atoms with van der Waals surface area (Å²) in [6.07, 6.45) is 3.28. The molecule has 7 nitrogen and oxygen atoms in total. The molecule has 132 valence electrons. The molecule has 0 spiro atoms. The first-order chi connectivity index (χ1) is 12.4. The van der Waals surface area contributed by atoms with E-state index in [4.69, 9.17) is 0 Å². The molecule has 1 aliphatic rings. The van der Waals surface area contributed by atoms with Gasteiger partial charge in [0.25, 0.3) is 5.91 Å². The van der Waals surface area contributed by atoms with Crippen molar-refractivity contribution in [1.29, 1.82) is 0 Å². The summed E-state index contributed by atoms with van der Waals surface area (Å²) in [5.74, 6) is 1.33. The van der Waals surface area contributed by atoms with Gasteiger partial charge < -0.3 is 4.90 Å². The van der Waals surface area contributed by atoms with Crippen molar-refractivity contribution in [2.75, 3.05) is 0 Å². The lowest BCUT2D eigenvalue weighted by atomic mass is 9.95. The van der Waals surface area contributed by atoms with Crippen LogP contribution in [-0.2, 0) is 18.5 Å². The number of benzene rings is 1. The van der Waals surface area contributed by atoms with E-state index in [1.165, 1.54) is 6.33 Å². The van der Waals surface area contributed by atoms with Gasteiger partial charge in [0.05, 0.1) is 17.8 Å². The third kappa shape index (κ3) is 2.85. The molecule has 1 aromatic carbocycles. The van der Waals surface area contributed by atoms with Crippen LogP contribution in [0.3, 0.4) is 0 Å². The van der Waals surface area contributed by atoms with Crippen LogP contribution in [0, 0.1) is 0 Å². The number of fused-ring (bicyclic) bond motifs is 1. The molecule has 0 atom stereocenters. The number of amides is 1. The number of hydrogen-bond acceptors (Lipinski definition) is 5. The van der Waals surface area contributed by atoms with E-state index in [1.54, 1.807) is 4.90 Å². The van der Waals surface area contributed by atoms with Gasteiger partial charge in [0.1, 0.15) is 12.2 Å². The summed E-state index contributed by atoms with van der Waals surface area (Å²) in [6.45, 7) is 7.26. The van der Waals surface area contributed by atoms with Gasteiger partial charge in [-0.05, 0) is 6.07 Å². The molecule has 0 bridgehead atoms. The molecule has 2 aromatic heterocycles. The number of nitrogens with one attached hydrogen (secondary N) is 1. The number of rotatable bonds is 2. The predicted octanol–water partition coefficient (Wildman–Crippen LogP) is 2.72. The van der Waals surface area contributed by atoms with E-state index in [0.29, 0.717) is 24.5 Å². The van der Waals surface area contributed by atoms with Gasteiger partial charge in [0, 0.05) is 29.3 Å². The second kappa shape index (κ2) is 6.01. The summed E-state index contributed by atoms with van der Waals surface area (Å²) in [7, 11) is 0. The normalized spacial score (nSPS) is 13.7. The third-order valence-electron chi connectivity index (χ3n) is 4.44. The van der Waals surface area contributed by atoms with Crippen LogP contribution in [0.15, 0.2) is 36.8 Å². The highest BCUT2D eigenvalue weighted by Gasteiger charge is 2.29. The van der Waals surface area contributed by atoms with Crippen molar-refractivity contribution in [3.63, 3.8) is 0 Å². The molecule has 26 heavy (non-hydrogen) atoms. The second-order valence-corrected chi connectivity index (χ2v) is 7.46. The maximum absolute atomic E-state index is 13.1. The van der Waals surface area contributed by atoms with Crippen LogP contribution in [0.1, 0.15) is 48.2 Å². The van der Waals surface area contributed by atoms with Gasteiger partial charge in [-0.1, -0.05) is 39.0 Å². The molecule has 0 saturated carbocycles. The molecular weight excluding hydrogens is 328 g/mol. The fourth-order valence-corrected chi connectivity index (χ4v) is 3.04. The van der Waals surface area contributed by atoms with E-state index in [0.717, 1.165) is 22.6 Å². The van der Waals surface area contributed by atoms with Gasteiger partial charge in [-0.3, -0.25) is 9.89 Å². The highest BCUT2D eigenvalue weighted by molar-refractivity contribution is 6.00. The van der Waals surface area contributed by atoms with Crippen LogP contribution in [0.5, 0.6) is 0 Å². The standard InChI is InChI=1S/C19H20N6O/c1-19(2,3)18-20-8-12-9-25(10-15(12)23-18)17(26)14-7-5-4-6-13(14)16-21-11-22-24-16/h4-8,11H,9-10H2,1-3H3,(H,21,22,24). The minimum Gasteiger partial charge on any atom is -0.328 e. The number of carbonyl (C=O) groups is 1. The Morgan fingerprint density at radius 1 is 1.15 bits per heavy atom. The number of aromatic amines is 1. The van der Waals surface area contributed by atoms with Crippen LogP contribution >= 0.6 is 0 Å². The number of nitrogens with zero attached hydrogens (tertiary/aromatic N) is 5. The molecule has 4 rings (SSSR count). The highest BCUT2D eigenvalue weighted by Crippen LogP contribution is 2.28. The number of H-pyrrole nitrogens is 1. The third-order valence-corrected chi connectivity index (χ3v) is 4.44. The zero-order valence-electron chi connectivity index (χ0n) is 15.0. The lowest BCUT2D eigenvalue weighted by Crippen LogP contribution is -2.26. The van der Waals surface area contributed by atoms with E-state index in [9.17, 15) is 4.79 Å². The van der Waals surface area contributed by atoms with Crippen molar-refractivity contribution in [2.24, 2.45) is 0 Å². The van der Waals surface area contributed by atoms with Gasteiger partial charge in [-0.2, -0.15) is 5.10 Å². The zero-order valence-corrected chi connectivity index (χ0v) is 15.0. The summed E-state index contributed by atoms with van der Waals surface area (Å²) in [5, 5.41) is 6.71. The molecule has 1 N–H and O–H groups in total. The van der Waals surface area contributed by atoms with E-state index in [1.807, 2.05) is 30.5 Å². The Morgan fingerprint density at radius 2 is 1.96 bits per heavy atom. The first-order valence-electron chi connectivity index (χ1n) is 8.53. The van der Waals surface area contributed by atoms with Crippen molar-refractivity contribution < 1.29 is 4.79 Å². The molecule has 1 aliphatic heterocycles. The van der Waals surface area contributed by atoms with Crippen molar-refractivity contribution in [2.45, 2.75) is 39.3 Å². The Balaban J connectivity index is 1.63. The van der Waals surface area contributed by atoms with Crippen LogP contribution < -0.4 is 0 Å². The maximum atomic E-state index is 13.1. The molecule has 0 unspecified atom stereocenters. The fourth-order valence-electron chi connectivity index (χ4n) is 3.04. The summed E-state index contributed by atoms with van der Waals surface area (Å²) >= 11 is 0. The van der Waals surface area contributed by atoms with Gasteiger partial charge in [-0.15, -0.1) is 0 Å². The second-order valence-electron chi connectivity index (χ2n) is 7.46. The van der Waals surface area contributed by atoms with E-state index in [-0.39, 0.29) is 11.3 Å². The summed E-state index contributed by atoms with van der Waals surface area (Å²) in [6, 6.07) is 7.42. The van der Waals surface area contributed by atoms with Crippen LogP contribution in [0.25, 0.3) is 11.4 Å². The van der Waals surface area contributed by atoms with Crippen molar-refractivity contribution in [1.82, 2.24) is 30.0 Å². The number of carbonyl (C=O) groups excluding carboxylic acids is 1. The summed E-state index contributed by atoms with van der Waals surface area (Å²) < 4.78 is 0. The average Bonchev–Trinajstić information content (AvgIpc) is 3.29. The molecule has 3 aromatic rings. The van der Waals surface area contributed by atoms with E-state index >= 15 is 0 Å². The first-order valence-corrected chi connectivity index (χ1v) is 8.53. The van der Waals surface area contributed by atoms with Crippen molar-refractivity contribution >= 4 is 5.91 Å². The Labute approximate surface area is 151 Å². The van der Waals surface area contributed by atoms with Gasteiger partial charge in [0.2, 0.25) is 0 Å². The fraction of sp³-hybridized carbons (Fsp3) is 0.316. The minimum atomic E-state index is -0.120. The topological polar surface area (TPSA) is 87.7 Å². The molecule has 0 aliphatic carbocycles. The Hall–Kier alpha value is -3.09. The largest absolute Gasteiger partial charge is 0.328 e. The predicted molar refractivity (Wildman–Crippen MR) is 96.1 cm³/mol. The Morgan fingerprint density at radius 3 is 2.69 bits per heavy atom. The smallest absolute Gasteiger partial charge is 0.255 e. The van der Waals surface area contributed by atoms with Crippen LogP contribution in [0.2, 0.25) is 0 Å². The quantitative estimate of drug-likeness (QED) is 0.769. The highest BCUT2D eigenvalue weighted by atomic mass is 16.2. The zero-order chi connectivity index (χ0) is 18.3. The lowest BCUT2D eigenvalue weighted by Gasteiger charge is -2.17. The first kappa shape index (κ1) is 16.4. The van der Waals surface area contributed by atoms with Gasteiger partial charge in [-0.25, -0.2) is 15.0 Å². The Bertz CT molecular complexity index is 958. The molecule has 0 saturated heterocycles. The summed E-state index contributed by atoms with van der Waals surface area (Å²) in [4.78, 5) is 28.3. The van der Waals surface area contributed by atoms with Gasteiger partial charge >= 0.3 is 0 Å². The van der Waals surface area contributed by atoms with E-state index < -0.39 is 0 Å². The molecule has 7 heteroatoms. The van der Waals surface area contributed by atoms with Crippen LogP contribution in [-0.4, -0.2) is 36.0 Å². The monoisotopic (exact) mass is 348 g/mol. The van der Waals surface area contributed by atoms with Crippen LogP contribution in [0.4, 0.5) is 0 Å². The SMILES string of the molecule is CC(C)(C)c1ncc2c(n1)CN(C(=O)c1ccccc1-c1ncn[nH]1)C2. The lowest BCUT2D eigenvalue weighted by molar-refractivity contribution is 0.0751. The Kier molecular flexibility index (Phi) is 3.79. The molecule has 1 amide bonds. The van der Waals surface area contributed by atoms with Crippen molar-refractivity contribution in [3.05, 3.63) is 59.4 Å². The van der Waals surface area contributed by atoms with Crippen molar-refractivity contribution in [3.8, 4) is 11.4 Å². The number of hydrogen-bond donors (Lipinski definition) is 1. The molecule has 0 fully saturated rings. The minimum absolute atomic E-state index is 0.0488. The average molecular weight is 348 g/mol. The van der Waals surface area contributed by atoms with Gasteiger partial charge in [0.15, 0.2) is 5.82 Å².